The smallest absolute Gasteiger partial charge is 0.326 e. The fourth-order valence-electron chi connectivity index (χ4n) is 2.64. The van der Waals surface area contributed by atoms with Crippen molar-refractivity contribution >= 4 is 48.2 Å². The average molecular weight is 492 g/mol. The summed E-state index contributed by atoms with van der Waals surface area (Å²) in [5, 5.41) is 25.1. The van der Waals surface area contributed by atoms with Gasteiger partial charge in [-0.1, -0.05) is 20.3 Å². The molecular weight excluding hydrogens is 458 g/mol. The SMILES string of the molecule is CCC(C)C(NC(=O)C(CS)NC(=O)C(N)CCC(=O)O)C(=O)NC(CCC(N)=O)C(=O)O. The molecule has 13 nitrogen and oxygen atoms in total. The van der Waals surface area contributed by atoms with Gasteiger partial charge < -0.3 is 37.6 Å². The van der Waals surface area contributed by atoms with Gasteiger partial charge in [0.25, 0.3) is 0 Å². The topological polar surface area (TPSA) is 231 Å². The molecule has 0 rings (SSSR count). The second-order valence-corrected chi connectivity index (χ2v) is 7.92. The lowest BCUT2D eigenvalue weighted by molar-refractivity contribution is -0.143. The molecule has 0 spiro atoms. The van der Waals surface area contributed by atoms with E-state index >= 15 is 0 Å². The Morgan fingerprint density at radius 1 is 0.879 bits per heavy atom. The van der Waals surface area contributed by atoms with Crippen molar-refractivity contribution in [1.82, 2.24) is 16.0 Å². The first kappa shape index (κ1) is 30.1. The highest BCUT2D eigenvalue weighted by Gasteiger charge is 2.32. The van der Waals surface area contributed by atoms with Crippen LogP contribution >= 0.6 is 12.6 Å². The first-order valence-corrected chi connectivity index (χ1v) is 11.0. The number of primary amides is 1. The Bertz CT molecular complexity index is 735. The van der Waals surface area contributed by atoms with Gasteiger partial charge in [0.1, 0.15) is 18.1 Å². The predicted molar refractivity (Wildman–Crippen MR) is 120 cm³/mol. The van der Waals surface area contributed by atoms with E-state index in [9.17, 15) is 33.9 Å². The van der Waals surface area contributed by atoms with Crippen LogP contribution in [0.1, 0.15) is 46.0 Å². The molecule has 0 saturated heterocycles. The highest BCUT2D eigenvalue weighted by molar-refractivity contribution is 7.80. The molecule has 188 valence electrons. The molecule has 0 aromatic heterocycles. The average Bonchev–Trinajstić information content (AvgIpc) is 2.75. The molecule has 33 heavy (non-hydrogen) atoms. The van der Waals surface area contributed by atoms with Crippen LogP contribution in [0, 0.1) is 5.92 Å². The number of nitrogens with one attached hydrogen (secondary N) is 3. The molecule has 4 amide bonds. The van der Waals surface area contributed by atoms with E-state index in [-0.39, 0.29) is 31.4 Å². The number of carbonyl (C=O) groups is 6. The van der Waals surface area contributed by atoms with Crippen LogP contribution in [-0.4, -0.2) is 75.7 Å². The largest absolute Gasteiger partial charge is 0.481 e. The van der Waals surface area contributed by atoms with E-state index in [2.05, 4.69) is 28.6 Å². The fourth-order valence-corrected chi connectivity index (χ4v) is 2.90. The van der Waals surface area contributed by atoms with Gasteiger partial charge in [-0.3, -0.25) is 24.0 Å². The minimum Gasteiger partial charge on any atom is -0.481 e. The van der Waals surface area contributed by atoms with Gasteiger partial charge in [0.15, 0.2) is 0 Å². The predicted octanol–water partition coefficient (Wildman–Crippen LogP) is -2.04. The molecule has 0 heterocycles. The van der Waals surface area contributed by atoms with E-state index in [0.29, 0.717) is 6.42 Å². The van der Waals surface area contributed by atoms with Crippen LogP contribution in [0.2, 0.25) is 0 Å². The number of rotatable bonds is 16. The summed E-state index contributed by atoms with van der Waals surface area (Å²) >= 11 is 4.03. The van der Waals surface area contributed by atoms with Crippen LogP contribution in [0.4, 0.5) is 0 Å². The molecule has 5 atom stereocenters. The standard InChI is InChI=1S/C19H33N5O8S/c1-3-9(2)15(18(30)22-11(19(31)32)5-6-13(21)25)24-17(29)12(8-33)23-16(28)10(20)4-7-14(26)27/h9-12,15,33H,3-8,20H2,1-2H3,(H2,21,25)(H,22,30)(H,23,28)(H,24,29)(H,26,27)(H,31,32). The number of aliphatic carboxylic acids is 2. The molecule has 0 radical (unpaired) electrons. The zero-order valence-corrected chi connectivity index (χ0v) is 19.5. The van der Waals surface area contributed by atoms with Gasteiger partial charge in [-0.05, 0) is 18.8 Å². The normalized spacial score (nSPS) is 15.3. The Hall–Kier alpha value is -2.87. The lowest BCUT2D eigenvalue weighted by Crippen LogP contribution is -2.59. The zero-order chi connectivity index (χ0) is 25.7. The van der Waals surface area contributed by atoms with E-state index in [4.69, 9.17) is 16.6 Å². The summed E-state index contributed by atoms with van der Waals surface area (Å²) in [6.45, 7) is 3.43. The quantitative estimate of drug-likeness (QED) is 0.111. The lowest BCUT2D eigenvalue weighted by Gasteiger charge is -2.27. The third-order valence-electron chi connectivity index (χ3n) is 4.91. The van der Waals surface area contributed by atoms with Gasteiger partial charge in [-0.25, -0.2) is 4.79 Å². The minimum absolute atomic E-state index is 0.137. The van der Waals surface area contributed by atoms with Gasteiger partial charge in [0.05, 0.1) is 6.04 Å². The molecule has 0 saturated carbocycles. The van der Waals surface area contributed by atoms with Crippen molar-refractivity contribution in [2.75, 3.05) is 5.75 Å². The van der Waals surface area contributed by atoms with Crippen molar-refractivity contribution < 1.29 is 39.0 Å². The molecule has 0 aliphatic carbocycles. The fraction of sp³-hybridized carbons (Fsp3) is 0.684. The van der Waals surface area contributed by atoms with E-state index in [1.54, 1.807) is 13.8 Å². The Morgan fingerprint density at radius 2 is 1.45 bits per heavy atom. The summed E-state index contributed by atoms with van der Waals surface area (Å²) in [6, 6.07) is -4.87. The number of thiol groups is 1. The van der Waals surface area contributed by atoms with Crippen LogP contribution < -0.4 is 27.4 Å². The molecule has 0 aromatic carbocycles. The highest BCUT2D eigenvalue weighted by Crippen LogP contribution is 2.10. The number of hydrogen-bond donors (Lipinski definition) is 8. The van der Waals surface area contributed by atoms with Gasteiger partial charge in [0, 0.05) is 18.6 Å². The second kappa shape index (κ2) is 15.1. The maximum atomic E-state index is 12.7. The molecular formula is C19H33N5O8S. The minimum atomic E-state index is -1.39. The van der Waals surface area contributed by atoms with Crippen molar-refractivity contribution in [3.05, 3.63) is 0 Å². The maximum Gasteiger partial charge on any atom is 0.326 e. The van der Waals surface area contributed by atoms with Crippen molar-refractivity contribution in [3.8, 4) is 0 Å². The monoisotopic (exact) mass is 491 g/mol. The van der Waals surface area contributed by atoms with Crippen LogP contribution in [-0.2, 0) is 28.8 Å². The second-order valence-electron chi connectivity index (χ2n) is 7.56. The number of carboxylic acids is 2. The number of carbonyl (C=O) groups excluding carboxylic acids is 4. The number of amides is 4. The summed E-state index contributed by atoms with van der Waals surface area (Å²) in [4.78, 5) is 70.6. The van der Waals surface area contributed by atoms with E-state index in [0.717, 1.165) is 0 Å². The molecule has 0 aliphatic heterocycles. The summed E-state index contributed by atoms with van der Waals surface area (Å²) < 4.78 is 0. The van der Waals surface area contributed by atoms with Gasteiger partial charge >= 0.3 is 11.9 Å². The van der Waals surface area contributed by atoms with Crippen LogP contribution in [0.25, 0.3) is 0 Å². The van der Waals surface area contributed by atoms with E-state index in [1.165, 1.54) is 0 Å². The Kier molecular flexibility index (Phi) is 13.7. The van der Waals surface area contributed by atoms with Crippen molar-refractivity contribution in [2.24, 2.45) is 17.4 Å². The van der Waals surface area contributed by atoms with Gasteiger partial charge in [-0.2, -0.15) is 12.6 Å². The molecule has 9 N–H and O–H groups in total. The Morgan fingerprint density at radius 3 is 1.91 bits per heavy atom. The summed E-state index contributed by atoms with van der Waals surface area (Å²) in [5.74, 6) is -6.06. The van der Waals surface area contributed by atoms with E-state index < -0.39 is 65.7 Å². The molecule has 5 unspecified atom stereocenters. The van der Waals surface area contributed by atoms with Crippen LogP contribution in [0.3, 0.4) is 0 Å². The lowest BCUT2D eigenvalue weighted by atomic mass is 9.97. The van der Waals surface area contributed by atoms with E-state index in [1.807, 2.05) is 0 Å². The maximum absolute atomic E-state index is 12.7. The molecule has 0 bridgehead atoms. The first-order valence-electron chi connectivity index (χ1n) is 10.3. The van der Waals surface area contributed by atoms with Gasteiger partial charge in [-0.15, -0.1) is 0 Å². The first-order chi connectivity index (χ1) is 15.3. The third kappa shape index (κ3) is 11.5. The highest BCUT2D eigenvalue weighted by atomic mass is 32.1. The number of hydrogen-bond acceptors (Lipinski definition) is 8. The van der Waals surface area contributed by atoms with Gasteiger partial charge in [0.2, 0.25) is 23.6 Å². The molecule has 0 aliphatic rings. The summed E-state index contributed by atoms with van der Waals surface area (Å²) in [7, 11) is 0. The van der Waals surface area contributed by atoms with Crippen LogP contribution in [0.15, 0.2) is 0 Å². The van der Waals surface area contributed by atoms with Crippen molar-refractivity contribution in [1.29, 1.82) is 0 Å². The number of carboxylic acid groups (broad SMARTS) is 2. The third-order valence-corrected chi connectivity index (χ3v) is 5.27. The van der Waals surface area contributed by atoms with Crippen molar-refractivity contribution in [2.45, 2.75) is 70.1 Å². The Labute approximate surface area is 196 Å². The Balaban J connectivity index is 5.29. The molecule has 14 heteroatoms. The molecule has 0 fully saturated rings. The van der Waals surface area contributed by atoms with Crippen molar-refractivity contribution in [3.63, 3.8) is 0 Å². The number of nitrogens with two attached hydrogens (primary N) is 2. The van der Waals surface area contributed by atoms with Crippen LogP contribution in [0.5, 0.6) is 0 Å². The summed E-state index contributed by atoms with van der Waals surface area (Å²) in [5.41, 5.74) is 10.7. The zero-order valence-electron chi connectivity index (χ0n) is 18.6. The molecule has 0 aromatic rings. The summed E-state index contributed by atoms with van der Waals surface area (Å²) in [6.07, 6.45) is -0.491.